The maximum absolute atomic E-state index is 12.7. The van der Waals surface area contributed by atoms with Crippen LogP contribution in [0.5, 0.6) is 11.5 Å². The van der Waals surface area contributed by atoms with Crippen LogP contribution in [-0.2, 0) is 0 Å². The third kappa shape index (κ3) is 4.59. The number of methoxy groups -OCH3 is 2. The van der Waals surface area contributed by atoms with Gasteiger partial charge in [0, 0.05) is 33.8 Å². The molecule has 3 aromatic carbocycles. The van der Waals surface area contributed by atoms with Gasteiger partial charge in [-0.1, -0.05) is 36.4 Å². The predicted octanol–water partition coefficient (Wildman–Crippen LogP) is 6.06. The van der Waals surface area contributed by atoms with Crippen LogP contribution in [0.1, 0.15) is 15.9 Å². The monoisotopic (exact) mass is 430 g/mol. The lowest BCUT2D eigenvalue weighted by Gasteiger charge is -2.09. The van der Waals surface area contributed by atoms with Gasteiger partial charge >= 0.3 is 0 Å². The number of ether oxygens (including phenoxy) is 2. The van der Waals surface area contributed by atoms with Crippen LogP contribution in [-0.4, -0.2) is 25.1 Å². The summed E-state index contributed by atoms with van der Waals surface area (Å²) in [6, 6.07) is 21.0. The third-order valence-corrected chi connectivity index (χ3v) is 5.81. The number of hydrogen-bond donors (Lipinski definition) is 1. The average Bonchev–Trinajstić information content (AvgIpc) is 3.29. The standard InChI is InChI=1S/C25H22N2O3S/c1-16-6-4-5-7-22(16)25-27-23(15-31-25)17-8-10-19(11-9-17)26-24(28)18-12-20(29-2)14-21(13-18)30-3/h4-15H,1-3H3,(H,26,28). The Kier molecular flexibility index (Phi) is 6.00. The van der Waals surface area contributed by atoms with Gasteiger partial charge in [0.05, 0.1) is 19.9 Å². The van der Waals surface area contributed by atoms with Crippen molar-refractivity contribution in [2.75, 3.05) is 19.5 Å². The molecule has 0 atom stereocenters. The van der Waals surface area contributed by atoms with E-state index in [4.69, 9.17) is 14.5 Å². The van der Waals surface area contributed by atoms with Gasteiger partial charge in [-0.15, -0.1) is 11.3 Å². The van der Waals surface area contributed by atoms with E-state index in [1.54, 1.807) is 43.8 Å². The molecule has 4 rings (SSSR count). The summed E-state index contributed by atoms with van der Waals surface area (Å²) in [5.41, 5.74) is 5.43. The maximum Gasteiger partial charge on any atom is 0.255 e. The first kappa shape index (κ1) is 20.6. The summed E-state index contributed by atoms with van der Waals surface area (Å²) >= 11 is 1.63. The molecule has 1 N–H and O–H groups in total. The third-order valence-electron chi connectivity index (χ3n) is 4.93. The highest BCUT2D eigenvalue weighted by Gasteiger charge is 2.12. The Morgan fingerprint density at radius 1 is 0.935 bits per heavy atom. The fourth-order valence-corrected chi connectivity index (χ4v) is 4.13. The second-order valence-corrected chi connectivity index (χ2v) is 7.84. The number of nitrogens with one attached hydrogen (secondary N) is 1. The van der Waals surface area contributed by atoms with Crippen molar-refractivity contribution in [3.63, 3.8) is 0 Å². The molecule has 0 aliphatic carbocycles. The Morgan fingerprint density at radius 2 is 1.61 bits per heavy atom. The fraction of sp³-hybridized carbons (Fsp3) is 0.120. The molecule has 1 heterocycles. The molecule has 5 nitrogen and oxygen atoms in total. The molecule has 156 valence electrons. The Hall–Kier alpha value is -3.64. The van der Waals surface area contributed by atoms with Crippen LogP contribution in [0.4, 0.5) is 5.69 Å². The van der Waals surface area contributed by atoms with E-state index in [2.05, 4.69) is 29.8 Å². The number of aromatic nitrogens is 1. The van der Waals surface area contributed by atoms with Crippen LogP contribution >= 0.6 is 11.3 Å². The molecule has 0 unspecified atom stereocenters. The van der Waals surface area contributed by atoms with Gasteiger partial charge in [-0.05, 0) is 36.8 Å². The summed E-state index contributed by atoms with van der Waals surface area (Å²) in [7, 11) is 3.11. The number of aryl methyl sites for hydroxylation is 1. The number of amides is 1. The minimum absolute atomic E-state index is 0.236. The van der Waals surface area contributed by atoms with Crippen molar-refractivity contribution >= 4 is 22.9 Å². The van der Waals surface area contributed by atoms with Gasteiger partial charge in [0.2, 0.25) is 0 Å². The molecule has 0 radical (unpaired) electrons. The second-order valence-electron chi connectivity index (χ2n) is 6.99. The zero-order valence-electron chi connectivity index (χ0n) is 17.5. The van der Waals surface area contributed by atoms with Crippen molar-refractivity contribution in [2.45, 2.75) is 6.92 Å². The molecule has 1 aromatic heterocycles. The van der Waals surface area contributed by atoms with Crippen molar-refractivity contribution in [3.8, 4) is 33.3 Å². The quantitative estimate of drug-likeness (QED) is 0.404. The number of anilines is 1. The first-order valence-electron chi connectivity index (χ1n) is 9.74. The zero-order valence-corrected chi connectivity index (χ0v) is 18.3. The Morgan fingerprint density at radius 3 is 2.26 bits per heavy atom. The molecule has 0 saturated carbocycles. The van der Waals surface area contributed by atoms with Crippen molar-refractivity contribution in [3.05, 3.63) is 83.2 Å². The molecule has 31 heavy (non-hydrogen) atoms. The first-order chi connectivity index (χ1) is 15.1. The van der Waals surface area contributed by atoms with Crippen LogP contribution in [0, 0.1) is 6.92 Å². The SMILES string of the molecule is COc1cc(OC)cc(C(=O)Nc2ccc(-c3csc(-c4ccccc4C)n3)cc2)c1. The minimum Gasteiger partial charge on any atom is -0.497 e. The first-order valence-corrected chi connectivity index (χ1v) is 10.6. The van der Waals surface area contributed by atoms with Gasteiger partial charge in [0.1, 0.15) is 16.5 Å². The summed E-state index contributed by atoms with van der Waals surface area (Å²) in [5.74, 6) is 0.890. The summed E-state index contributed by atoms with van der Waals surface area (Å²) in [5, 5.41) is 5.96. The van der Waals surface area contributed by atoms with Gasteiger partial charge in [0.15, 0.2) is 0 Å². The Bertz CT molecular complexity index is 1190. The lowest BCUT2D eigenvalue weighted by atomic mass is 10.1. The molecule has 1 amide bonds. The van der Waals surface area contributed by atoms with Crippen molar-refractivity contribution in [1.82, 2.24) is 4.98 Å². The van der Waals surface area contributed by atoms with Crippen molar-refractivity contribution in [1.29, 1.82) is 0 Å². The van der Waals surface area contributed by atoms with E-state index in [1.165, 1.54) is 5.56 Å². The lowest BCUT2D eigenvalue weighted by Crippen LogP contribution is -2.12. The Labute approximate surface area is 185 Å². The van der Waals surface area contributed by atoms with E-state index in [-0.39, 0.29) is 5.91 Å². The van der Waals surface area contributed by atoms with Crippen molar-refractivity contribution in [2.24, 2.45) is 0 Å². The van der Waals surface area contributed by atoms with Crippen LogP contribution < -0.4 is 14.8 Å². The number of carbonyl (C=O) groups is 1. The molecular formula is C25H22N2O3S. The van der Waals surface area contributed by atoms with E-state index < -0.39 is 0 Å². The number of rotatable bonds is 6. The van der Waals surface area contributed by atoms with E-state index in [0.717, 1.165) is 21.8 Å². The smallest absolute Gasteiger partial charge is 0.255 e. The van der Waals surface area contributed by atoms with Crippen LogP contribution in [0.3, 0.4) is 0 Å². The minimum atomic E-state index is -0.236. The number of thiazole rings is 1. The fourth-order valence-electron chi connectivity index (χ4n) is 3.21. The zero-order chi connectivity index (χ0) is 21.8. The predicted molar refractivity (Wildman–Crippen MR) is 125 cm³/mol. The highest BCUT2D eigenvalue weighted by atomic mass is 32.1. The summed E-state index contributed by atoms with van der Waals surface area (Å²) < 4.78 is 10.5. The van der Waals surface area contributed by atoms with Crippen molar-refractivity contribution < 1.29 is 14.3 Å². The van der Waals surface area contributed by atoms with Crippen LogP contribution in [0.2, 0.25) is 0 Å². The molecule has 0 fully saturated rings. The van der Waals surface area contributed by atoms with E-state index in [0.29, 0.717) is 22.7 Å². The molecular weight excluding hydrogens is 408 g/mol. The maximum atomic E-state index is 12.7. The number of nitrogens with zero attached hydrogens (tertiary/aromatic N) is 1. The number of hydrogen-bond acceptors (Lipinski definition) is 5. The normalized spacial score (nSPS) is 10.5. The number of carbonyl (C=O) groups excluding carboxylic acids is 1. The van der Waals surface area contributed by atoms with Gasteiger partial charge in [0.25, 0.3) is 5.91 Å². The van der Waals surface area contributed by atoms with Gasteiger partial charge in [-0.25, -0.2) is 4.98 Å². The highest BCUT2D eigenvalue weighted by molar-refractivity contribution is 7.13. The number of benzene rings is 3. The molecule has 4 aromatic rings. The van der Waals surface area contributed by atoms with Gasteiger partial charge in [-0.2, -0.15) is 0 Å². The highest BCUT2D eigenvalue weighted by Crippen LogP contribution is 2.31. The second kappa shape index (κ2) is 9.02. The summed E-state index contributed by atoms with van der Waals surface area (Å²) in [6.07, 6.45) is 0. The van der Waals surface area contributed by atoms with E-state index >= 15 is 0 Å². The van der Waals surface area contributed by atoms with E-state index in [1.807, 2.05) is 36.4 Å². The largest absolute Gasteiger partial charge is 0.497 e. The van der Waals surface area contributed by atoms with Crippen LogP contribution in [0.15, 0.2) is 72.1 Å². The molecule has 0 aliphatic heterocycles. The molecule has 0 spiro atoms. The van der Waals surface area contributed by atoms with Gasteiger partial charge < -0.3 is 14.8 Å². The van der Waals surface area contributed by atoms with E-state index in [9.17, 15) is 4.79 Å². The van der Waals surface area contributed by atoms with Crippen LogP contribution in [0.25, 0.3) is 21.8 Å². The molecule has 6 heteroatoms. The average molecular weight is 431 g/mol. The van der Waals surface area contributed by atoms with Gasteiger partial charge in [-0.3, -0.25) is 4.79 Å². The summed E-state index contributed by atoms with van der Waals surface area (Å²) in [4.78, 5) is 17.5. The molecule has 0 aliphatic rings. The summed E-state index contributed by atoms with van der Waals surface area (Å²) in [6.45, 7) is 2.09. The lowest BCUT2D eigenvalue weighted by molar-refractivity contribution is 0.102. The topological polar surface area (TPSA) is 60.5 Å². The Balaban J connectivity index is 1.50. The molecule has 0 bridgehead atoms. The molecule has 0 saturated heterocycles.